The topological polar surface area (TPSA) is 74.2 Å². The highest BCUT2D eigenvalue weighted by Gasteiger charge is 2.28. The van der Waals surface area contributed by atoms with Crippen molar-refractivity contribution in [2.24, 2.45) is 5.92 Å². The molecule has 1 aliphatic rings. The van der Waals surface area contributed by atoms with Crippen LogP contribution in [-0.4, -0.2) is 24.8 Å². The number of ether oxygens (including phenoxy) is 1. The molecule has 1 aliphatic heterocycles. The SMILES string of the molecule is CCC(CC)[C@H]1C[C@@H](NC(=O)NCc2ccc(C#N)cc2F)CCO1. The lowest BCUT2D eigenvalue weighted by Gasteiger charge is -2.34. The lowest BCUT2D eigenvalue weighted by Crippen LogP contribution is -2.47. The highest BCUT2D eigenvalue weighted by atomic mass is 19.1. The number of nitrogens with zero attached hydrogens (tertiary/aromatic N) is 1. The van der Waals surface area contributed by atoms with E-state index in [2.05, 4.69) is 24.5 Å². The van der Waals surface area contributed by atoms with E-state index in [1.807, 2.05) is 6.07 Å². The summed E-state index contributed by atoms with van der Waals surface area (Å²) in [5.41, 5.74) is 0.622. The summed E-state index contributed by atoms with van der Waals surface area (Å²) in [7, 11) is 0. The molecule has 0 radical (unpaired) electrons. The van der Waals surface area contributed by atoms with Crippen LogP contribution in [0, 0.1) is 23.1 Å². The summed E-state index contributed by atoms with van der Waals surface area (Å²) in [5, 5.41) is 14.4. The van der Waals surface area contributed by atoms with E-state index in [0.29, 0.717) is 18.1 Å². The Morgan fingerprint density at radius 3 is 2.84 bits per heavy atom. The Morgan fingerprint density at radius 1 is 1.44 bits per heavy atom. The highest BCUT2D eigenvalue weighted by Crippen LogP contribution is 2.25. The number of urea groups is 1. The minimum atomic E-state index is -0.487. The van der Waals surface area contributed by atoms with Gasteiger partial charge >= 0.3 is 6.03 Å². The van der Waals surface area contributed by atoms with E-state index in [4.69, 9.17) is 10.00 Å². The summed E-state index contributed by atoms with van der Waals surface area (Å²) in [4.78, 5) is 12.1. The van der Waals surface area contributed by atoms with Crippen LogP contribution in [0.15, 0.2) is 18.2 Å². The minimum absolute atomic E-state index is 0.0742. The largest absolute Gasteiger partial charge is 0.378 e. The van der Waals surface area contributed by atoms with Gasteiger partial charge in [-0.3, -0.25) is 0 Å². The van der Waals surface area contributed by atoms with Gasteiger partial charge in [0.1, 0.15) is 5.82 Å². The molecule has 2 N–H and O–H groups in total. The second-order valence-corrected chi connectivity index (χ2v) is 6.45. The van der Waals surface area contributed by atoms with Gasteiger partial charge in [-0.15, -0.1) is 0 Å². The first-order valence-corrected chi connectivity index (χ1v) is 8.91. The van der Waals surface area contributed by atoms with Crippen molar-refractivity contribution in [3.63, 3.8) is 0 Å². The molecule has 25 heavy (non-hydrogen) atoms. The van der Waals surface area contributed by atoms with Crippen molar-refractivity contribution < 1.29 is 13.9 Å². The molecule has 0 aliphatic carbocycles. The van der Waals surface area contributed by atoms with E-state index < -0.39 is 5.82 Å². The van der Waals surface area contributed by atoms with Crippen molar-refractivity contribution in [3.05, 3.63) is 35.1 Å². The van der Waals surface area contributed by atoms with E-state index in [1.165, 1.54) is 18.2 Å². The van der Waals surface area contributed by atoms with Gasteiger partial charge < -0.3 is 15.4 Å². The number of amides is 2. The van der Waals surface area contributed by atoms with Gasteiger partial charge in [0.15, 0.2) is 0 Å². The second kappa shape index (κ2) is 9.38. The number of nitrogens with one attached hydrogen (secondary N) is 2. The third kappa shape index (κ3) is 5.43. The Bertz CT molecular complexity index is 626. The summed E-state index contributed by atoms with van der Waals surface area (Å²) in [6.07, 6.45) is 3.92. The van der Waals surface area contributed by atoms with Crippen LogP contribution >= 0.6 is 0 Å². The van der Waals surface area contributed by atoms with Gasteiger partial charge in [-0.05, 0) is 30.9 Å². The van der Waals surface area contributed by atoms with Crippen molar-refractivity contribution >= 4 is 6.03 Å². The van der Waals surface area contributed by atoms with E-state index in [0.717, 1.165) is 25.7 Å². The first-order chi connectivity index (χ1) is 12.1. The van der Waals surface area contributed by atoms with Crippen molar-refractivity contribution in [1.82, 2.24) is 10.6 Å². The zero-order chi connectivity index (χ0) is 18.2. The summed E-state index contributed by atoms with van der Waals surface area (Å²) < 4.78 is 19.7. The molecule has 0 spiro atoms. The number of carbonyl (C=O) groups excluding carboxylic acids is 1. The third-order valence-corrected chi connectivity index (χ3v) is 4.85. The molecule has 1 aromatic carbocycles. The number of halogens is 1. The molecule has 2 atom stereocenters. The van der Waals surface area contributed by atoms with Crippen molar-refractivity contribution in [1.29, 1.82) is 5.26 Å². The average molecular weight is 347 g/mol. The Balaban J connectivity index is 1.83. The number of rotatable bonds is 6. The molecule has 1 saturated heterocycles. The molecular formula is C19H26FN3O2. The normalized spacial score (nSPS) is 20.1. The molecule has 0 aromatic heterocycles. The number of hydrogen-bond acceptors (Lipinski definition) is 3. The zero-order valence-corrected chi connectivity index (χ0v) is 14.8. The summed E-state index contributed by atoms with van der Waals surface area (Å²) in [5.74, 6) is 0.0274. The van der Waals surface area contributed by atoms with Crippen LogP contribution in [0.1, 0.15) is 50.7 Å². The molecule has 136 valence electrons. The standard InChI is InChI=1S/C19H26FN3O2/c1-3-14(4-2)18-10-16(7-8-25-18)23-19(24)22-12-15-6-5-13(11-21)9-17(15)20/h5-6,9,14,16,18H,3-4,7-8,10,12H2,1-2H3,(H2,22,23,24)/t16-,18+/m0/s1. The highest BCUT2D eigenvalue weighted by molar-refractivity contribution is 5.74. The maximum absolute atomic E-state index is 13.8. The van der Waals surface area contributed by atoms with Gasteiger partial charge in [-0.1, -0.05) is 32.8 Å². The van der Waals surface area contributed by atoms with Gasteiger partial charge in [0.2, 0.25) is 0 Å². The fourth-order valence-corrected chi connectivity index (χ4v) is 3.27. The average Bonchev–Trinajstić information content (AvgIpc) is 2.62. The monoisotopic (exact) mass is 347 g/mol. The summed E-state index contributed by atoms with van der Waals surface area (Å²) in [6.45, 7) is 5.06. The van der Waals surface area contributed by atoms with Crippen molar-refractivity contribution in [2.45, 2.75) is 58.2 Å². The number of nitriles is 1. The molecule has 1 heterocycles. The van der Waals surface area contributed by atoms with Crippen LogP contribution in [0.2, 0.25) is 0 Å². The van der Waals surface area contributed by atoms with Gasteiger partial charge in [-0.25, -0.2) is 9.18 Å². The Kier molecular flexibility index (Phi) is 7.20. The third-order valence-electron chi connectivity index (χ3n) is 4.85. The Morgan fingerprint density at radius 2 is 2.20 bits per heavy atom. The predicted octanol–water partition coefficient (Wildman–Crippen LogP) is 3.48. The summed E-state index contributed by atoms with van der Waals surface area (Å²) in [6, 6.07) is 5.89. The van der Waals surface area contributed by atoms with Gasteiger partial charge in [0, 0.05) is 24.8 Å². The maximum Gasteiger partial charge on any atom is 0.315 e. The van der Waals surface area contributed by atoms with Gasteiger partial charge in [-0.2, -0.15) is 5.26 Å². The molecule has 2 rings (SSSR count). The van der Waals surface area contributed by atoms with Crippen molar-refractivity contribution in [3.8, 4) is 6.07 Å². The maximum atomic E-state index is 13.8. The van der Waals surface area contributed by atoms with Gasteiger partial charge in [0.25, 0.3) is 0 Å². The quantitative estimate of drug-likeness (QED) is 0.827. The van der Waals surface area contributed by atoms with Crippen LogP contribution in [0.3, 0.4) is 0 Å². The fourth-order valence-electron chi connectivity index (χ4n) is 3.27. The van der Waals surface area contributed by atoms with Crippen LogP contribution in [0.25, 0.3) is 0 Å². The molecule has 0 unspecified atom stereocenters. The van der Waals surface area contributed by atoms with E-state index in [-0.39, 0.29) is 30.3 Å². The van der Waals surface area contributed by atoms with Gasteiger partial charge in [0.05, 0.1) is 17.7 Å². The Hall–Kier alpha value is -2.13. The molecule has 2 amide bonds. The number of benzene rings is 1. The molecule has 0 bridgehead atoms. The molecule has 5 nitrogen and oxygen atoms in total. The molecular weight excluding hydrogens is 321 g/mol. The van der Waals surface area contributed by atoms with Crippen LogP contribution < -0.4 is 10.6 Å². The summed E-state index contributed by atoms with van der Waals surface area (Å²) >= 11 is 0. The minimum Gasteiger partial charge on any atom is -0.378 e. The van der Waals surface area contributed by atoms with E-state index in [1.54, 1.807) is 0 Å². The van der Waals surface area contributed by atoms with Crippen LogP contribution in [-0.2, 0) is 11.3 Å². The zero-order valence-electron chi connectivity index (χ0n) is 14.8. The number of hydrogen-bond donors (Lipinski definition) is 2. The van der Waals surface area contributed by atoms with E-state index >= 15 is 0 Å². The van der Waals surface area contributed by atoms with Crippen LogP contribution in [0.5, 0.6) is 0 Å². The van der Waals surface area contributed by atoms with Crippen LogP contribution in [0.4, 0.5) is 9.18 Å². The molecule has 0 saturated carbocycles. The molecule has 6 heteroatoms. The molecule has 1 aromatic rings. The Labute approximate surface area is 148 Å². The lowest BCUT2D eigenvalue weighted by molar-refractivity contribution is -0.0331. The smallest absolute Gasteiger partial charge is 0.315 e. The second-order valence-electron chi connectivity index (χ2n) is 6.45. The first-order valence-electron chi connectivity index (χ1n) is 8.91. The molecule has 1 fully saturated rings. The number of carbonyl (C=O) groups is 1. The fraction of sp³-hybridized carbons (Fsp3) is 0.579. The first kappa shape index (κ1) is 19.2. The van der Waals surface area contributed by atoms with Crippen molar-refractivity contribution in [2.75, 3.05) is 6.61 Å². The van der Waals surface area contributed by atoms with E-state index in [9.17, 15) is 9.18 Å². The predicted molar refractivity (Wildman–Crippen MR) is 93.3 cm³/mol. The lowest BCUT2D eigenvalue weighted by atomic mass is 9.89.